The van der Waals surface area contributed by atoms with Crippen molar-refractivity contribution in [3.05, 3.63) is 52.2 Å². The van der Waals surface area contributed by atoms with Crippen molar-refractivity contribution in [2.45, 2.75) is 32.4 Å². The van der Waals surface area contributed by atoms with Gasteiger partial charge in [-0.3, -0.25) is 9.59 Å². The van der Waals surface area contributed by atoms with E-state index in [1.165, 1.54) is 23.9 Å². The third kappa shape index (κ3) is 4.27. The maximum atomic E-state index is 13.8. The van der Waals surface area contributed by atoms with E-state index in [4.69, 9.17) is 4.74 Å². The first-order valence-electron chi connectivity index (χ1n) is 8.98. The van der Waals surface area contributed by atoms with E-state index in [1.807, 2.05) is 6.92 Å². The summed E-state index contributed by atoms with van der Waals surface area (Å²) in [5, 5.41) is 7.10. The second kappa shape index (κ2) is 8.20. The lowest BCUT2D eigenvalue weighted by atomic mass is 10.0. The highest BCUT2D eigenvalue weighted by atomic mass is 19.1. The van der Waals surface area contributed by atoms with Crippen molar-refractivity contribution in [1.29, 1.82) is 0 Å². The molecule has 1 fully saturated rings. The fraction of sp³-hybridized carbons (Fsp3) is 0.421. The maximum absolute atomic E-state index is 13.8. The highest BCUT2D eigenvalue weighted by Gasteiger charge is 2.22. The summed E-state index contributed by atoms with van der Waals surface area (Å²) < 4.78 is 20.0. The molecule has 2 aromatic rings. The summed E-state index contributed by atoms with van der Waals surface area (Å²) in [5.41, 5.74) is 0.946. The van der Waals surface area contributed by atoms with Crippen LogP contribution in [0.25, 0.3) is 0 Å². The first kappa shape index (κ1) is 18.9. The number of methoxy groups -OCH3 is 1. The first-order chi connectivity index (χ1) is 13.0. The number of carbonyl (C=O) groups excluding carboxylic acids is 1. The average Bonchev–Trinajstić information content (AvgIpc) is 2.68. The number of rotatable bonds is 5. The molecule has 1 aromatic heterocycles. The minimum atomic E-state index is -0.561. The van der Waals surface area contributed by atoms with E-state index in [-0.39, 0.29) is 28.8 Å². The Bertz CT molecular complexity index is 875. The molecule has 2 heterocycles. The second-order valence-corrected chi connectivity index (χ2v) is 6.45. The lowest BCUT2D eigenvalue weighted by Crippen LogP contribution is -2.45. The van der Waals surface area contributed by atoms with Gasteiger partial charge in [0.2, 0.25) is 0 Å². The molecule has 1 amide bonds. The Kier molecular flexibility index (Phi) is 5.73. The minimum absolute atomic E-state index is 0.00267. The Hall–Kier alpha value is -2.90. The van der Waals surface area contributed by atoms with Gasteiger partial charge in [0, 0.05) is 37.3 Å². The van der Waals surface area contributed by atoms with Crippen LogP contribution in [0, 0.1) is 5.82 Å². The fourth-order valence-electron chi connectivity index (χ4n) is 3.19. The molecule has 1 aromatic carbocycles. The lowest BCUT2D eigenvalue weighted by Gasteiger charge is -2.33. The largest absolute Gasteiger partial charge is 0.494 e. The van der Waals surface area contributed by atoms with Gasteiger partial charge in [-0.15, -0.1) is 0 Å². The number of ether oxygens (including phenoxy) is 1. The normalized spacial score (nSPS) is 14.9. The number of hydrogen-bond donors (Lipinski definition) is 1. The van der Waals surface area contributed by atoms with E-state index >= 15 is 0 Å². The number of halogens is 1. The zero-order chi connectivity index (χ0) is 19.4. The topological polar surface area (TPSA) is 76.5 Å². The van der Waals surface area contributed by atoms with Gasteiger partial charge in [0.25, 0.3) is 11.5 Å². The number of amides is 1. The molecular formula is C19H23FN4O3. The van der Waals surface area contributed by atoms with Crippen LogP contribution in [0.3, 0.4) is 0 Å². The zero-order valence-electron chi connectivity index (χ0n) is 15.4. The maximum Gasteiger partial charge on any atom is 0.268 e. The van der Waals surface area contributed by atoms with Crippen LogP contribution in [0.15, 0.2) is 35.3 Å². The fourth-order valence-corrected chi connectivity index (χ4v) is 3.19. The van der Waals surface area contributed by atoms with Crippen LogP contribution in [0.2, 0.25) is 0 Å². The molecule has 1 saturated heterocycles. The van der Waals surface area contributed by atoms with Crippen molar-refractivity contribution in [1.82, 2.24) is 15.1 Å². The van der Waals surface area contributed by atoms with Crippen LogP contribution in [-0.2, 0) is 6.54 Å². The predicted molar refractivity (Wildman–Crippen MR) is 99.8 cm³/mol. The molecule has 0 spiro atoms. The number of hydrogen-bond acceptors (Lipinski definition) is 5. The summed E-state index contributed by atoms with van der Waals surface area (Å²) in [7, 11) is 1.38. The molecule has 0 aliphatic carbocycles. The molecule has 8 heteroatoms. The molecule has 7 nitrogen and oxygen atoms in total. The Balaban J connectivity index is 1.57. The summed E-state index contributed by atoms with van der Waals surface area (Å²) in [6.07, 6.45) is 3.17. The van der Waals surface area contributed by atoms with E-state index in [9.17, 15) is 14.0 Å². The molecule has 3 rings (SSSR count). The van der Waals surface area contributed by atoms with Crippen molar-refractivity contribution >= 4 is 11.6 Å². The quantitative estimate of drug-likeness (QED) is 0.864. The van der Waals surface area contributed by atoms with Gasteiger partial charge in [0.05, 0.1) is 19.0 Å². The number of carbonyl (C=O) groups is 1. The monoisotopic (exact) mass is 374 g/mol. The Morgan fingerprint density at radius 1 is 1.33 bits per heavy atom. The number of nitrogens with zero attached hydrogens (tertiary/aromatic N) is 3. The molecule has 1 aliphatic heterocycles. The number of anilines is 1. The number of benzene rings is 1. The summed E-state index contributed by atoms with van der Waals surface area (Å²) >= 11 is 0. The molecular weight excluding hydrogens is 351 g/mol. The van der Waals surface area contributed by atoms with Crippen LogP contribution in [0.4, 0.5) is 10.1 Å². The number of piperidine rings is 1. The van der Waals surface area contributed by atoms with Crippen LogP contribution in [-0.4, -0.2) is 41.9 Å². The Morgan fingerprint density at radius 2 is 2.07 bits per heavy atom. The van der Waals surface area contributed by atoms with Crippen molar-refractivity contribution < 1.29 is 13.9 Å². The predicted octanol–water partition coefficient (Wildman–Crippen LogP) is 1.81. The van der Waals surface area contributed by atoms with Crippen molar-refractivity contribution in [3.8, 4) is 5.75 Å². The van der Waals surface area contributed by atoms with Gasteiger partial charge in [-0.25, -0.2) is 9.07 Å². The molecule has 0 saturated carbocycles. The lowest BCUT2D eigenvalue weighted by molar-refractivity contribution is 0.0930. The van der Waals surface area contributed by atoms with Crippen LogP contribution in [0.5, 0.6) is 5.75 Å². The summed E-state index contributed by atoms with van der Waals surface area (Å²) in [6.45, 7) is 3.83. The van der Waals surface area contributed by atoms with Crippen molar-refractivity contribution in [2.75, 3.05) is 25.1 Å². The van der Waals surface area contributed by atoms with Crippen molar-refractivity contribution in [3.63, 3.8) is 0 Å². The smallest absolute Gasteiger partial charge is 0.268 e. The van der Waals surface area contributed by atoms with E-state index in [0.29, 0.717) is 19.6 Å². The zero-order valence-corrected chi connectivity index (χ0v) is 15.4. The number of aromatic nitrogens is 2. The Morgan fingerprint density at radius 3 is 2.67 bits per heavy atom. The minimum Gasteiger partial charge on any atom is -0.494 e. The van der Waals surface area contributed by atoms with Crippen LogP contribution >= 0.6 is 0 Å². The highest BCUT2D eigenvalue weighted by molar-refractivity contribution is 5.94. The van der Waals surface area contributed by atoms with Gasteiger partial charge < -0.3 is 15.0 Å². The average molecular weight is 374 g/mol. The van der Waals surface area contributed by atoms with Crippen LogP contribution in [0.1, 0.15) is 30.1 Å². The van der Waals surface area contributed by atoms with E-state index in [2.05, 4.69) is 15.3 Å². The van der Waals surface area contributed by atoms with Crippen molar-refractivity contribution in [2.24, 2.45) is 0 Å². The molecule has 27 heavy (non-hydrogen) atoms. The molecule has 0 bridgehead atoms. The standard InChI is InChI=1S/C19H23FN4O3/c1-3-24-18(25)11-15(12-21-24)23-8-6-14(7-9-23)22-19(26)13-4-5-17(27-2)16(20)10-13/h4-5,10-12,14H,3,6-9H2,1-2H3,(H,22,26). The van der Waals surface area contributed by atoms with Gasteiger partial charge in [-0.2, -0.15) is 5.10 Å². The van der Waals surface area contributed by atoms with E-state index in [1.54, 1.807) is 18.3 Å². The highest BCUT2D eigenvalue weighted by Crippen LogP contribution is 2.20. The molecule has 0 atom stereocenters. The summed E-state index contributed by atoms with van der Waals surface area (Å²) in [6, 6.07) is 5.76. The summed E-state index contributed by atoms with van der Waals surface area (Å²) in [5.74, 6) is -0.755. The van der Waals surface area contributed by atoms with Gasteiger partial charge >= 0.3 is 0 Å². The third-order valence-electron chi connectivity index (χ3n) is 4.76. The third-order valence-corrected chi connectivity index (χ3v) is 4.76. The number of nitrogens with one attached hydrogen (secondary N) is 1. The molecule has 1 N–H and O–H groups in total. The molecule has 144 valence electrons. The Labute approximate surface area is 156 Å². The number of aryl methyl sites for hydroxylation is 1. The second-order valence-electron chi connectivity index (χ2n) is 6.45. The molecule has 1 aliphatic rings. The van der Waals surface area contributed by atoms with Gasteiger partial charge in [-0.1, -0.05) is 0 Å². The van der Waals surface area contributed by atoms with E-state index < -0.39 is 5.82 Å². The van der Waals surface area contributed by atoms with Gasteiger partial charge in [-0.05, 0) is 38.0 Å². The van der Waals surface area contributed by atoms with Gasteiger partial charge in [0.15, 0.2) is 11.6 Å². The summed E-state index contributed by atoms with van der Waals surface area (Å²) in [4.78, 5) is 26.4. The molecule has 0 radical (unpaired) electrons. The molecule has 0 unspecified atom stereocenters. The SMILES string of the molecule is CCn1ncc(N2CCC(NC(=O)c3ccc(OC)c(F)c3)CC2)cc1=O. The van der Waals surface area contributed by atoms with E-state index in [0.717, 1.165) is 18.5 Å². The van der Waals surface area contributed by atoms with Crippen LogP contribution < -0.4 is 20.5 Å². The first-order valence-corrected chi connectivity index (χ1v) is 8.98. The van der Waals surface area contributed by atoms with Gasteiger partial charge in [0.1, 0.15) is 0 Å².